The Hall–Kier alpha value is -2.75. The van der Waals surface area contributed by atoms with E-state index in [1.807, 2.05) is 6.07 Å². The number of carbonyl (C=O) groups is 1. The van der Waals surface area contributed by atoms with Crippen molar-refractivity contribution in [1.82, 2.24) is 14.6 Å². The summed E-state index contributed by atoms with van der Waals surface area (Å²) >= 11 is 9.53. The summed E-state index contributed by atoms with van der Waals surface area (Å²) in [6.07, 6.45) is 1.47. The number of benzene rings is 2. The van der Waals surface area contributed by atoms with E-state index >= 15 is 0 Å². The van der Waals surface area contributed by atoms with E-state index in [-0.39, 0.29) is 18.1 Å². The average Bonchev–Trinajstić information content (AvgIpc) is 2.79. The second kappa shape index (κ2) is 9.81. The molecule has 0 bridgehead atoms. The van der Waals surface area contributed by atoms with Crippen molar-refractivity contribution in [3.05, 3.63) is 67.6 Å². The van der Waals surface area contributed by atoms with Crippen LogP contribution in [0.2, 0.25) is 5.02 Å². The quantitative estimate of drug-likeness (QED) is 0.483. The van der Waals surface area contributed by atoms with Crippen molar-refractivity contribution < 1.29 is 14.3 Å². The third kappa shape index (κ3) is 5.01. The van der Waals surface area contributed by atoms with Gasteiger partial charge in [0.25, 0.3) is 11.5 Å². The van der Waals surface area contributed by atoms with E-state index in [0.29, 0.717) is 59.4 Å². The number of rotatable bonds is 5. The number of amides is 1. The van der Waals surface area contributed by atoms with Gasteiger partial charge in [-0.05, 0) is 43.3 Å². The number of hydrogen-bond donors (Lipinski definition) is 0. The molecule has 1 aliphatic heterocycles. The summed E-state index contributed by atoms with van der Waals surface area (Å²) in [5.41, 5.74) is 0.834. The second-order valence-corrected chi connectivity index (χ2v) is 8.50. The number of morpholine rings is 1. The number of carbonyl (C=O) groups excluding carboxylic acids is 1. The Labute approximate surface area is 197 Å². The van der Waals surface area contributed by atoms with Gasteiger partial charge in [0.05, 0.1) is 30.3 Å². The van der Waals surface area contributed by atoms with Gasteiger partial charge < -0.3 is 14.4 Å². The molecule has 1 saturated heterocycles. The molecule has 0 aliphatic carbocycles. The van der Waals surface area contributed by atoms with Gasteiger partial charge in [-0.3, -0.25) is 9.59 Å². The largest absolute Gasteiger partial charge is 0.483 e. The van der Waals surface area contributed by atoms with Crippen molar-refractivity contribution in [2.24, 2.45) is 5.10 Å². The number of fused-ring (bicyclic) bond motifs is 1. The van der Waals surface area contributed by atoms with E-state index < -0.39 is 0 Å². The van der Waals surface area contributed by atoms with Crippen LogP contribution in [0, 0.1) is 6.92 Å². The third-order valence-electron chi connectivity index (χ3n) is 4.97. The van der Waals surface area contributed by atoms with Crippen molar-refractivity contribution in [2.45, 2.75) is 6.92 Å². The van der Waals surface area contributed by atoms with Crippen molar-refractivity contribution >= 4 is 50.6 Å². The van der Waals surface area contributed by atoms with Crippen LogP contribution in [0.3, 0.4) is 0 Å². The summed E-state index contributed by atoms with van der Waals surface area (Å²) in [5.74, 6) is 0.748. The fourth-order valence-corrected chi connectivity index (χ4v) is 3.85. The Kier molecular flexibility index (Phi) is 6.88. The third-order valence-corrected chi connectivity index (χ3v) is 5.70. The molecule has 1 aliphatic rings. The molecule has 32 heavy (non-hydrogen) atoms. The van der Waals surface area contributed by atoms with Gasteiger partial charge >= 0.3 is 0 Å². The Morgan fingerprint density at radius 2 is 2.06 bits per heavy atom. The van der Waals surface area contributed by atoms with Gasteiger partial charge in [-0.15, -0.1) is 0 Å². The maximum absolute atomic E-state index is 12.9. The molecular weight excluding hydrogens is 500 g/mol. The van der Waals surface area contributed by atoms with Gasteiger partial charge in [-0.2, -0.15) is 9.78 Å². The molecular formula is C22H20BrClN4O4. The number of aromatic nitrogens is 2. The molecule has 2 heterocycles. The predicted molar refractivity (Wildman–Crippen MR) is 126 cm³/mol. The standard InChI is InChI=1S/C22H20BrClN4O4/c1-14-26-19-4-2-16(23)11-18(19)22(30)28(14)25-12-15-10-17(24)3-5-20(15)32-13-21(29)27-6-8-31-9-7-27/h2-5,10-12H,6-9,13H2,1H3. The number of hydrogen-bond acceptors (Lipinski definition) is 6. The Morgan fingerprint density at radius 3 is 2.84 bits per heavy atom. The van der Waals surface area contributed by atoms with E-state index in [1.165, 1.54) is 10.9 Å². The first kappa shape index (κ1) is 22.4. The molecule has 4 rings (SSSR count). The van der Waals surface area contributed by atoms with Crippen LogP contribution in [-0.4, -0.2) is 59.6 Å². The lowest BCUT2D eigenvalue weighted by Gasteiger charge is -2.26. The number of nitrogens with zero attached hydrogens (tertiary/aromatic N) is 4. The lowest BCUT2D eigenvalue weighted by atomic mass is 10.2. The fraction of sp³-hybridized carbons (Fsp3) is 0.273. The maximum Gasteiger partial charge on any atom is 0.282 e. The first-order valence-electron chi connectivity index (χ1n) is 9.93. The zero-order valence-electron chi connectivity index (χ0n) is 17.3. The molecule has 0 atom stereocenters. The van der Waals surface area contributed by atoms with Crippen LogP contribution in [-0.2, 0) is 9.53 Å². The topological polar surface area (TPSA) is 86.0 Å². The minimum atomic E-state index is -0.294. The van der Waals surface area contributed by atoms with Gasteiger partial charge in [0.15, 0.2) is 6.61 Å². The first-order valence-corrected chi connectivity index (χ1v) is 11.1. The molecule has 1 amide bonds. The molecule has 8 nitrogen and oxygen atoms in total. The molecule has 10 heteroatoms. The minimum absolute atomic E-state index is 0.118. The molecule has 2 aromatic carbocycles. The summed E-state index contributed by atoms with van der Waals surface area (Å²) in [7, 11) is 0. The van der Waals surface area contributed by atoms with Crippen LogP contribution < -0.4 is 10.3 Å². The normalized spacial score (nSPS) is 14.3. The zero-order chi connectivity index (χ0) is 22.7. The summed E-state index contributed by atoms with van der Waals surface area (Å²) in [6, 6.07) is 10.3. The zero-order valence-corrected chi connectivity index (χ0v) is 19.6. The average molecular weight is 520 g/mol. The Morgan fingerprint density at radius 1 is 1.28 bits per heavy atom. The lowest BCUT2D eigenvalue weighted by Crippen LogP contribution is -2.43. The summed E-state index contributed by atoms with van der Waals surface area (Å²) < 4.78 is 13.0. The van der Waals surface area contributed by atoms with Crippen molar-refractivity contribution in [1.29, 1.82) is 0 Å². The van der Waals surface area contributed by atoms with Gasteiger partial charge in [0.1, 0.15) is 11.6 Å². The van der Waals surface area contributed by atoms with Gasteiger partial charge in [-0.1, -0.05) is 27.5 Å². The van der Waals surface area contributed by atoms with Crippen LogP contribution in [0.4, 0.5) is 0 Å². The van der Waals surface area contributed by atoms with E-state index in [0.717, 1.165) is 4.47 Å². The summed E-state index contributed by atoms with van der Waals surface area (Å²) in [4.78, 5) is 31.5. The van der Waals surface area contributed by atoms with Crippen LogP contribution in [0.15, 0.2) is 50.8 Å². The van der Waals surface area contributed by atoms with Gasteiger partial charge in [0.2, 0.25) is 0 Å². The van der Waals surface area contributed by atoms with Gasteiger partial charge in [0, 0.05) is 28.1 Å². The maximum atomic E-state index is 12.9. The van der Waals surface area contributed by atoms with Crippen molar-refractivity contribution in [3.8, 4) is 5.75 Å². The molecule has 1 aromatic heterocycles. The molecule has 0 saturated carbocycles. The SMILES string of the molecule is Cc1nc2ccc(Br)cc2c(=O)n1N=Cc1cc(Cl)ccc1OCC(=O)N1CCOCC1. The monoisotopic (exact) mass is 518 g/mol. The lowest BCUT2D eigenvalue weighted by molar-refractivity contribution is -0.137. The van der Waals surface area contributed by atoms with Crippen molar-refractivity contribution in [2.75, 3.05) is 32.9 Å². The molecule has 166 valence electrons. The van der Waals surface area contributed by atoms with E-state index in [9.17, 15) is 9.59 Å². The number of aryl methyl sites for hydroxylation is 1. The van der Waals surface area contributed by atoms with Crippen LogP contribution in [0.1, 0.15) is 11.4 Å². The van der Waals surface area contributed by atoms with Crippen molar-refractivity contribution in [3.63, 3.8) is 0 Å². The highest BCUT2D eigenvalue weighted by molar-refractivity contribution is 9.10. The van der Waals surface area contributed by atoms with Crippen LogP contribution in [0.25, 0.3) is 10.9 Å². The summed E-state index contributed by atoms with van der Waals surface area (Å²) in [6.45, 7) is 3.72. The van der Waals surface area contributed by atoms with E-state index in [4.69, 9.17) is 21.1 Å². The number of halogens is 2. The predicted octanol–water partition coefficient (Wildman–Crippen LogP) is 3.24. The molecule has 0 radical (unpaired) electrons. The molecule has 0 N–H and O–H groups in total. The van der Waals surface area contributed by atoms with Crippen LogP contribution in [0.5, 0.6) is 5.75 Å². The Bertz CT molecular complexity index is 1250. The number of ether oxygens (including phenoxy) is 2. The second-order valence-electron chi connectivity index (χ2n) is 7.15. The summed E-state index contributed by atoms with van der Waals surface area (Å²) in [5, 5.41) is 5.25. The van der Waals surface area contributed by atoms with Crippen LogP contribution >= 0.6 is 27.5 Å². The molecule has 1 fully saturated rings. The van der Waals surface area contributed by atoms with E-state index in [1.54, 1.807) is 42.2 Å². The smallest absolute Gasteiger partial charge is 0.282 e. The highest BCUT2D eigenvalue weighted by Gasteiger charge is 2.18. The van der Waals surface area contributed by atoms with E-state index in [2.05, 4.69) is 26.0 Å². The van der Waals surface area contributed by atoms with Gasteiger partial charge in [-0.25, -0.2) is 4.98 Å². The molecule has 0 spiro atoms. The minimum Gasteiger partial charge on any atom is -0.483 e. The highest BCUT2D eigenvalue weighted by atomic mass is 79.9. The molecule has 0 unspecified atom stereocenters. The fourth-order valence-electron chi connectivity index (χ4n) is 3.31. The highest BCUT2D eigenvalue weighted by Crippen LogP contribution is 2.22. The Balaban J connectivity index is 1.60. The molecule has 3 aromatic rings. The first-order chi connectivity index (χ1) is 15.4.